The van der Waals surface area contributed by atoms with E-state index in [0.29, 0.717) is 5.41 Å². The van der Waals surface area contributed by atoms with E-state index in [1.165, 1.54) is 24.0 Å². The van der Waals surface area contributed by atoms with Crippen LogP contribution in [0.5, 0.6) is 5.75 Å². The Bertz CT molecular complexity index is 400. The molecule has 14 heavy (non-hydrogen) atoms. The molecule has 1 fully saturated rings. The molecule has 1 aliphatic heterocycles. The zero-order chi connectivity index (χ0) is 9.97. The van der Waals surface area contributed by atoms with E-state index in [-0.39, 0.29) is 5.60 Å². The van der Waals surface area contributed by atoms with Crippen LogP contribution >= 0.6 is 0 Å². The maximum absolute atomic E-state index is 6.05. The third kappa shape index (κ3) is 0.765. The first-order chi connectivity index (χ1) is 6.57. The van der Waals surface area contributed by atoms with Crippen LogP contribution in [-0.2, 0) is 5.41 Å². The fraction of sp³-hybridized carbons (Fsp3) is 0.538. The summed E-state index contributed by atoms with van der Waals surface area (Å²) in [5.41, 5.74) is 3.21. The third-order valence-corrected chi connectivity index (χ3v) is 3.98. The highest BCUT2D eigenvalue weighted by Gasteiger charge is 2.62. The van der Waals surface area contributed by atoms with Gasteiger partial charge in [0.25, 0.3) is 0 Å². The van der Waals surface area contributed by atoms with Crippen molar-refractivity contribution in [1.82, 2.24) is 0 Å². The predicted octanol–water partition coefficient (Wildman–Crippen LogP) is 3.20. The SMILES string of the molecule is Cc1cccc2c1C1(CC1)C(C)(C)O2. The molecule has 0 saturated heterocycles. The van der Waals surface area contributed by atoms with Gasteiger partial charge in [-0.1, -0.05) is 12.1 Å². The van der Waals surface area contributed by atoms with Crippen molar-refractivity contribution in [3.63, 3.8) is 0 Å². The molecular formula is C13H16O. The largest absolute Gasteiger partial charge is 0.487 e. The second-order valence-corrected chi connectivity index (χ2v) is 5.14. The van der Waals surface area contributed by atoms with Gasteiger partial charge in [0.2, 0.25) is 0 Å². The van der Waals surface area contributed by atoms with Crippen LogP contribution in [0.15, 0.2) is 18.2 Å². The molecule has 0 atom stereocenters. The highest BCUT2D eigenvalue weighted by molar-refractivity contribution is 5.54. The van der Waals surface area contributed by atoms with Crippen LogP contribution < -0.4 is 4.74 Å². The highest BCUT2D eigenvalue weighted by Crippen LogP contribution is 2.64. The number of benzene rings is 1. The fourth-order valence-corrected chi connectivity index (χ4v) is 2.99. The van der Waals surface area contributed by atoms with Crippen LogP contribution in [-0.4, -0.2) is 5.60 Å². The van der Waals surface area contributed by atoms with Crippen LogP contribution in [0.4, 0.5) is 0 Å². The molecule has 1 aromatic carbocycles. The molecule has 1 aliphatic carbocycles. The Morgan fingerprint density at radius 2 is 1.93 bits per heavy atom. The van der Waals surface area contributed by atoms with Crippen LogP contribution in [0.3, 0.4) is 0 Å². The summed E-state index contributed by atoms with van der Waals surface area (Å²) in [6, 6.07) is 6.40. The Labute approximate surface area is 85.1 Å². The Morgan fingerprint density at radius 3 is 2.57 bits per heavy atom. The first-order valence-corrected chi connectivity index (χ1v) is 5.36. The van der Waals surface area contributed by atoms with E-state index >= 15 is 0 Å². The van der Waals surface area contributed by atoms with Crippen molar-refractivity contribution in [1.29, 1.82) is 0 Å². The molecule has 1 heterocycles. The maximum Gasteiger partial charge on any atom is 0.124 e. The van der Waals surface area contributed by atoms with E-state index in [2.05, 4.69) is 39.0 Å². The predicted molar refractivity (Wildman–Crippen MR) is 56.8 cm³/mol. The number of hydrogen-bond donors (Lipinski definition) is 0. The van der Waals surface area contributed by atoms with Crippen LogP contribution in [0.25, 0.3) is 0 Å². The van der Waals surface area contributed by atoms with Gasteiger partial charge in [-0.05, 0) is 45.2 Å². The molecule has 1 spiro atoms. The Morgan fingerprint density at radius 1 is 1.21 bits per heavy atom. The van der Waals surface area contributed by atoms with Crippen molar-refractivity contribution in [3.8, 4) is 5.75 Å². The highest BCUT2D eigenvalue weighted by atomic mass is 16.5. The number of aryl methyl sites for hydroxylation is 1. The van der Waals surface area contributed by atoms with Gasteiger partial charge in [0, 0.05) is 11.0 Å². The molecule has 0 N–H and O–H groups in total. The van der Waals surface area contributed by atoms with Gasteiger partial charge in [0.15, 0.2) is 0 Å². The van der Waals surface area contributed by atoms with Crippen LogP contribution in [0.2, 0.25) is 0 Å². The van der Waals surface area contributed by atoms with Gasteiger partial charge in [-0.2, -0.15) is 0 Å². The zero-order valence-corrected chi connectivity index (χ0v) is 9.05. The lowest BCUT2D eigenvalue weighted by molar-refractivity contribution is 0.0993. The molecule has 0 aromatic heterocycles. The summed E-state index contributed by atoms with van der Waals surface area (Å²) in [5, 5.41) is 0. The second-order valence-electron chi connectivity index (χ2n) is 5.14. The van der Waals surface area contributed by atoms with Crippen molar-refractivity contribution in [3.05, 3.63) is 29.3 Å². The summed E-state index contributed by atoms with van der Waals surface area (Å²) in [7, 11) is 0. The average molecular weight is 188 g/mol. The molecule has 2 aliphatic rings. The molecule has 3 rings (SSSR count). The van der Waals surface area contributed by atoms with Crippen molar-refractivity contribution in [2.75, 3.05) is 0 Å². The summed E-state index contributed by atoms with van der Waals surface area (Å²) in [5.74, 6) is 1.12. The van der Waals surface area contributed by atoms with Gasteiger partial charge >= 0.3 is 0 Å². The Hall–Kier alpha value is -0.980. The van der Waals surface area contributed by atoms with E-state index in [4.69, 9.17) is 4.74 Å². The van der Waals surface area contributed by atoms with Gasteiger partial charge in [0.1, 0.15) is 11.4 Å². The molecule has 0 radical (unpaired) electrons. The van der Waals surface area contributed by atoms with E-state index in [9.17, 15) is 0 Å². The average Bonchev–Trinajstić information content (AvgIpc) is 2.80. The Balaban J connectivity index is 2.26. The normalized spacial score (nSPS) is 24.5. The third-order valence-electron chi connectivity index (χ3n) is 3.98. The standard InChI is InChI=1S/C13H16O/c1-9-5-4-6-10-11(9)13(7-8-13)12(2,3)14-10/h4-6H,7-8H2,1-3H3. The minimum Gasteiger partial charge on any atom is -0.487 e. The minimum atomic E-state index is 0.00144. The van der Waals surface area contributed by atoms with Crippen molar-refractivity contribution in [2.45, 2.75) is 44.6 Å². The number of ether oxygens (including phenoxy) is 1. The molecule has 74 valence electrons. The summed E-state index contributed by atoms with van der Waals surface area (Å²) in [6.45, 7) is 6.64. The van der Waals surface area contributed by atoms with Crippen LogP contribution in [0, 0.1) is 6.92 Å². The number of hydrogen-bond acceptors (Lipinski definition) is 1. The van der Waals surface area contributed by atoms with E-state index in [0.717, 1.165) is 5.75 Å². The lowest BCUT2D eigenvalue weighted by Crippen LogP contribution is -2.36. The van der Waals surface area contributed by atoms with Gasteiger partial charge < -0.3 is 4.74 Å². The second kappa shape index (κ2) is 2.16. The summed E-state index contributed by atoms with van der Waals surface area (Å²) in [4.78, 5) is 0. The summed E-state index contributed by atoms with van der Waals surface area (Å²) >= 11 is 0. The van der Waals surface area contributed by atoms with Crippen molar-refractivity contribution < 1.29 is 4.74 Å². The molecule has 0 bridgehead atoms. The van der Waals surface area contributed by atoms with Gasteiger partial charge in [0.05, 0.1) is 0 Å². The molecule has 0 unspecified atom stereocenters. The molecule has 1 saturated carbocycles. The maximum atomic E-state index is 6.05. The molecule has 1 heteroatoms. The van der Waals surface area contributed by atoms with Gasteiger partial charge in [-0.25, -0.2) is 0 Å². The van der Waals surface area contributed by atoms with Gasteiger partial charge in [-0.3, -0.25) is 0 Å². The number of fused-ring (bicyclic) bond motifs is 2. The van der Waals surface area contributed by atoms with E-state index < -0.39 is 0 Å². The fourth-order valence-electron chi connectivity index (χ4n) is 2.99. The van der Waals surface area contributed by atoms with Crippen LogP contribution in [0.1, 0.15) is 37.8 Å². The molecular weight excluding hydrogens is 172 g/mol. The zero-order valence-electron chi connectivity index (χ0n) is 9.05. The van der Waals surface area contributed by atoms with E-state index in [1.54, 1.807) is 0 Å². The smallest absolute Gasteiger partial charge is 0.124 e. The summed E-state index contributed by atoms with van der Waals surface area (Å²) < 4.78 is 6.05. The first-order valence-electron chi connectivity index (χ1n) is 5.36. The lowest BCUT2D eigenvalue weighted by atomic mass is 9.81. The molecule has 1 nitrogen and oxygen atoms in total. The van der Waals surface area contributed by atoms with Crippen molar-refractivity contribution in [2.24, 2.45) is 0 Å². The van der Waals surface area contributed by atoms with E-state index in [1.807, 2.05) is 0 Å². The summed E-state index contributed by atoms with van der Waals surface area (Å²) in [6.07, 6.45) is 2.58. The topological polar surface area (TPSA) is 9.23 Å². The van der Waals surface area contributed by atoms with Crippen molar-refractivity contribution >= 4 is 0 Å². The monoisotopic (exact) mass is 188 g/mol. The number of rotatable bonds is 0. The van der Waals surface area contributed by atoms with Gasteiger partial charge in [-0.15, -0.1) is 0 Å². The molecule has 1 aromatic rings. The quantitative estimate of drug-likeness (QED) is 0.607. The minimum absolute atomic E-state index is 0.00144. The molecule has 0 amide bonds. The first kappa shape index (κ1) is 8.34. The lowest BCUT2D eigenvalue weighted by Gasteiger charge is -2.26. The Kier molecular flexibility index (Phi) is 1.28.